The lowest BCUT2D eigenvalue weighted by Gasteiger charge is -2.27. The number of carbonyl (C=O) groups is 2. The van der Waals surface area contributed by atoms with Gasteiger partial charge in [-0.1, -0.05) is 48.7 Å². The zero-order valence-electron chi connectivity index (χ0n) is 16.6. The molecule has 1 aliphatic carbocycles. The van der Waals surface area contributed by atoms with Gasteiger partial charge in [0.1, 0.15) is 5.82 Å². The second-order valence-corrected chi connectivity index (χ2v) is 7.67. The summed E-state index contributed by atoms with van der Waals surface area (Å²) >= 11 is 0. The summed E-state index contributed by atoms with van der Waals surface area (Å²) in [5.74, 6) is -1.33. The smallest absolute Gasteiger partial charge is 0.317 e. The largest absolute Gasteiger partial charge is 0.455 e. The molecule has 0 aromatic heterocycles. The fraction of sp³-hybridized carbons (Fsp3) is 0.391. The number of nitrogens with one attached hydrogen (secondary N) is 1. The summed E-state index contributed by atoms with van der Waals surface area (Å²) in [7, 11) is 0. The van der Waals surface area contributed by atoms with E-state index in [-0.39, 0.29) is 6.61 Å². The summed E-state index contributed by atoms with van der Waals surface area (Å²) in [6.45, 7) is 5.46. The van der Waals surface area contributed by atoms with Gasteiger partial charge >= 0.3 is 5.97 Å². The number of hydrogen-bond donors (Lipinski definition) is 1. The number of esters is 1. The van der Waals surface area contributed by atoms with Gasteiger partial charge in [-0.2, -0.15) is 0 Å². The predicted octanol–water partition coefficient (Wildman–Crippen LogP) is 4.74. The van der Waals surface area contributed by atoms with Crippen LogP contribution in [0, 0.1) is 26.6 Å². The monoisotopic (exact) mass is 383 g/mol. The standard InChI is InChI=1S/C23H26FNO3/c1-15-12-16(2)21(17(3)13-15)25-20(26)14-28-22(27)23(10-6-7-11-23)18-8-4-5-9-19(18)24/h4-5,8-9,12-13H,6-7,10-11,14H2,1-3H3,(H,25,26). The number of rotatable bonds is 5. The first kappa shape index (κ1) is 20.1. The van der Waals surface area contributed by atoms with E-state index in [4.69, 9.17) is 4.74 Å². The summed E-state index contributed by atoms with van der Waals surface area (Å²) in [6.07, 6.45) is 2.73. The first-order chi connectivity index (χ1) is 13.3. The molecule has 0 radical (unpaired) electrons. The molecule has 2 aromatic rings. The van der Waals surface area contributed by atoms with Crippen LogP contribution in [0.2, 0.25) is 0 Å². The first-order valence-corrected chi connectivity index (χ1v) is 9.63. The molecule has 4 nitrogen and oxygen atoms in total. The van der Waals surface area contributed by atoms with Crippen LogP contribution < -0.4 is 5.32 Å². The fourth-order valence-corrected chi connectivity index (χ4v) is 4.23. The van der Waals surface area contributed by atoms with Crippen molar-refractivity contribution in [2.24, 2.45) is 0 Å². The lowest BCUT2D eigenvalue weighted by Crippen LogP contribution is -2.37. The van der Waals surface area contributed by atoms with Gasteiger partial charge in [0.15, 0.2) is 6.61 Å². The lowest BCUT2D eigenvalue weighted by atomic mass is 9.78. The first-order valence-electron chi connectivity index (χ1n) is 9.63. The Kier molecular flexibility index (Phi) is 5.82. The number of anilines is 1. The molecule has 5 heteroatoms. The zero-order chi connectivity index (χ0) is 20.3. The van der Waals surface area contributed by atoms with E-state index in [1.807, 2.05) is 32.9 Å². The van der Waals surface area contributed by atoms with E-state index < -0.39 is 23.1 Å². The van der Waals surface area contributed by atoms with Gasteiger partial charge in [0.25, 0.3) is 5.91 Å². The molecule has 2 aromatic carbocycles. The molecule has 0 atom stereocenters. The summed E-state index contributed by atoms with van der Waals surface area (Å²) in [4.78, 5) is 25.3. The number of benzene rings is 2. The minimum absolute atomic E-state index is 0.364. The minimum atomic E-state index is -0.999. The molecule has 1 saturated carbocycles. The van der Waals surface area contributed by atoms with E-state index >= 15 is 0 Å². The van der Waals surface area contributed by atoms with E-state index in [1.54, 1.807) is 18.2 Å². The molecule has 148 valence electrons. The quantitative estimate of drug-likeness (QED) is 0.759. The molecule has 28 heavy (non-hydrogen) atoms. The Hall–Kier alpha value is -2.69. The van der Waals surface area contributed by atoms with Crippen LogP contribution in [-0.4, -0.2) is 18.5 Å². The SMILES string of the molecule is Cc1cc(C)c(NC(=O)COC(=O)C2(c3ccccc3F)CCCC2)c(C)c1. The van der Waals surface area contributed by atoms with Crippen molar-refractivity contribution in [2.45, 2.75) is 51.9 Å². The Labute approximate surface area is 165 Å². The third-order valence-electron chi connectivity index (χ3n) is 5.51. The van der Waals surface area contributed by atoms with Crippen molar-refractivity contribution < 1.29 is 18.7 Å². The number of amides is 1. The topological polar surface area (TPSA) is 55.4 Å². The number of carbonyl (C=O) groups excluding carboxylic acids is 2. The molecule has 3 rings (SSSR count). The van der Waals surface area contributed by atoms with E-state index in [0.29, 0.717) is 18.4 Å². The molecule has 0 bridgehead atoms. The Morgan fingerprint density at radius 2 is 1.68 bits per heavy atom. The average molecular weight is 383 g/mol. The van der Waals surface area contributed by atoms with Crippen LogP contribution in [0.5, 0.6) is 0 Å². The van der Waals surface area contributed by atoms with Crippen molar-refractivity contribution in [1.29, 1.82) is 0 Å². The molecular weight excluding hydrogens is 357 g/mol. The predicted molar refractivity (Wildman–Crippen MR) is 107 cm³/mol. The number of ether oxygens (including phenoxy) is 1. The molecule has 0 spiro atoms. The lowest BCUT2D eigenvalue weighted by molar-refractivity contribution is -0.153. The Morgan fingerprint density at radius 3 is 2.29 bits per heavy atom. The fourth-order valence-electron chi connectivity index (χ4n) is 4.23. The van der Waals surface area contributed by atoms with Gasteiger partial charge in [-0.15, -0.1) is 0 Å². The van der Waals surface area contributed by atoms with E-state index in [0.717, 1.165) is 35.2 Å². The van der Waals surface area contributed by atoms with Gasteiger partial charge in [0.2, 0.25) is 0 Å². The number of hydrogen-bond acceptors (Lipinski definition) is 3. The molecule has 0 saturated heterocycles. The maximum Gasteiger partial charge on any atom is 0.317 e. The van der Waals surface area contributed by atoms with Crippen molar-refractivity contribution in [1.82, 2.24) is 0 Å². The Bertz CT molecular complexity index is 877. The highest BCUT2D eigenvalue weighted by molar-refractivity contribution is 5.95. The second-order valence-electron chi connectivity index (χ2n) is 7.67. The van der Waals surface area contributed by atoms with Crippen molar-refractivity contribution >= 4 is 17.6 Å². The summed E-state index contributed by atoms with van der Waals surface area (Å²) in [6, 6.07) is 10.3. The molecule has 1 aliphatic rings. The number of aryl methyl sites for hydroxylation is 3. The van der Waals surface area contributed by atoms with Gasteiger partial charge in [-0.05, 0) is 50.8 Å². The highest BCUT2D eigenvalue weighted by Crippen LogP contribution is 2.43. The van der Waals surface area contributed by atoms with Crippen molar-refractivity contribution in [3.63, 3.8) is 0 Å². The highest BCUT2D eigenvalue weighted by Gasteiger charge is 2.45. The molecule has 0 aliphatic heterocycles. The van der Waals surface area contributed by atoms with Crippen LogP contribution in [0.1, 0.15) is 47.9 Å². The third-order valence-corrected chi connectivity index (χ3v) is 5.51. The van der Waals surface area contributed by atoms with Gasteiger partial charge < -0.3 is 10.1 Å². The summed E-state index contributed by atoms with van der Waals surface area (Å²) in [5.41, 5.74) is 3.12. The highest BCUT2D eigenvalue weighted by atomic mass is 19.1. The Morgan fingerprint density at radius 1 is 1.07 bits per heavy atom. The van der Waals surface area contributed by atoms with Crippen LogP contribution in [0.3, 0.4) is 0 Å². The molecule has 0 heterocycles. The van der Waals surface area contributed by atoms with Crippen LogP contribution >= 0.6 is 0 Å². The van der Waals surface area contributed by atoms with Crippen molar-refractivity contribution in [2.75, 3.05) is 11.9 Å². The zero-order valence-corrected chi connectivity index (χ0v) is 16.6. The Balaban J connectivity index is 1.71. The van der Waals surface area contributed by atoms with Crippen LogP contribution in [0.4, 0.5) is 10.1 Å². The maximum atomic E-state index is 14.4. The molecule has 1 N–H and O–H groups in total. The van der Waals surface area contributed by atoms with E-state index in [2.05, 4.69) is 5.32 Å². The van der Waals surface area contributed by atoms with E-state index in [1.165, 1.54) is 6.07 Å². The van der Waals surface area contributed by atoms with E-state index in [9.17, 15) is 14.0 Å². The number of halogens is 1. The average Bonchev–Trinajstić information content (AvgIpc) is 3.14. The van der Waals surface area contributed by atoms with Gasteiger partial charge in [-0.3, -0.25) is 9.59 Å². The van der Waals surface area contributed by atoms with Crippen LogP contribution in [-0.2, 0) is 19.7 Å². The van der Waals surface area contributed by atoms with Gasteiger partial charge in [0, 0.05) is 11.3 Å². The van der Waals surface area contributed by atoms with Gasteiger partial charge in [-0.25, -0.2) is 4.39 Å². The van der Waals surface area contributed by atoms with Crippen LogP contribution in [0.25, 0.3) is 0 Å². The maximum absolute atomic E-state index is 14.4. The molecule has 0 unspecified atom stereocenters. The van der Waals surface area contributed by atoms with Crippen molar-refractivity contribution in [3.05, 3.63) is 64.5 Å². The second kappa shape index (κ2) is 8.13. The third kappa shape index (κ3) is 3.93. The normalized spacial score (nSPS) is 15.3. The van der Waals surface area contributed by atoms with Crippen LogP contribution in [0.15, 0.2) is 36.4 Å². The molecule has 1 amide bonds. The minimum Gasteiger partial charge on any atom is -0.455 e. The van der Waals surface area contributed by atoms with Crippen molar-refractivity contribution in [3.8, 4) is 0 Å². The van der Waals surface area contributed by atoms with Gasteiger partial charge in [0.05, 0.1) is 5.41 Å². The molecular formula is C23H26FNO3. The summed E-state index contributed by atoms with van der Waals surface area (Å²) in [5, 5.41) is 2.83. The summed E-state index contributed by atoms with van der Waals surface area (Å²) < 4.78 is 19.7. The molecule has 1 fully saturated rings.